The van der Waals surface area contributed by atoms with E-state index in [1.54, 1.807) is 12.1 Å². The number of benzene rings is 3. The fraction of sp³-hybridized carbons (Fsp3) is 0.208. The van der Waals surface area contributed by atoms with Gasteiger partial charge in [0.1, 0.15) is 13.2 Å². The Balaban J connectivity index is 1.44. The monoisotopic (exact) mass is 452 g/mol. The molecule has 1 atom stereocenters. The number of ether oxygens (including phenoxy) is 2. The van der Waals surface area contributed by atoms with Crippen molar-refractivity contribution in [3.8, 4) is 11.5 Å². The van der Waals surface area contributed by atoms with Crippen LogP contribution in [0.25, 0.3) is 0 Å². The van der Waals surface area contributed by atoms with Crippen molar-refractivity contribution in [3.05, 3.63) is 83.4 Å². The molecule has 0 aliphatic carbocycles. The molecule has 8 heteroatoms. The summed E-state index contributed by atoms with van der Waals surface area (Å²) in [5.41, 5.74) is 2.58. The predicted octanol–water partition coefficient (Wildman–Crippen LogP) is 4.06. The number of hydrogen-bond acceptors (Lipinski definition) is 5. The first-order valence-electron chi connectivity index (χ1n) is 10.2. The van der Waals surface area contributed by atoms with Gasteiger partial charge in [0.2, 0.25) is 0 Å². The van der Waals surface area contributed by atoms with E-state index in [1.807, 2.05) is 44.2 Å². The first kappa shape index (κ1) is 21.7. The maximum atomic E-state index is 12.7. The molecule has 0 saturated carbocycles. The van der Waals surface area contributed by atoms with E-state index >= 15 is 0 Å². The summed E-state index contributed by atoms with van der Waals surface area (Å²) < 4.78 is 39.1. The van der Waals surface area contributed by atoms with Crippen LogP contribution in [0.5, 0.6) is 11.5 Å². The van der Waals surface area contributed by atoms with E-state index in [1.165, 1.54) is 24.3 Å². The molecule has 1 aliphatic heterocycles. The normalized spacial score (nSPS) is 13.8. The molecular formula is C24H24N2O5S. The predicted molar refractivity (Wildman–Crippen MR) is 122 cm³/mol. The minimum Gasteiger partial charge on any atom is -0.486 e. The lowest BCUT2D eigenvalue weighted by atomic mass is 10.1. The second kappa shape index (κ2) is 8.92. The Hall–Kier alpha value is -3.52. The van der Waals surface area contributed by atoms with E-state index in [0.717, 1.165) is 11.1 Å². The fourth-order valence-electron chi connectivity index (χ4n) is 3.37. The molecule has 0 fully saturated rings. The number of rotatable bonds is 6. The number of aryl methyl sites for hydroxylation is 1. The number of carbonyl (C=O) groups is 1. The molecular weight excluding hydrogens is 428 g/mol. The number of carbonyl (C=O) groups excluding carboxylic acids is 1. The highest BCUT2D eigenvalue weighted by atomic mass is 32.2. The average Bonchev–Trinajstić information content (AvgIpc) is 2.80. The Bertz CT molecular complexity index is 1240. The maximum Gasteiger partial charge on any atom is 0.261 e. The van der Waals surface area contributed by atoms with Gasteiger partial charge in [-0.15, -0.1) is 0 Å². The molecule has 1 amide bonds. The third-order valence-corrected chi connectivity index (χ3v) is 6.61. The molecule has 1 heterocycles. The van der Waals surface area contributed by atoms with Crippen LogP contribution >= 0.6 is 0 Å². The van der Waals surface area contributed by atoms with Crippen molar-refractivity contribution in [1.82, 2.24) is 5.32 Å². The van der Waals surface area contributed by atoms with E-state index in [4.69, 9.17) is 9.47 Å². The van der Waals surface area contributed by atoms with Gasteiger partial charge < -0.3 is 14.8 Å². The zero-order valence-corrected chi connectivity index (χ0v) is 18.6. The number of anilines is 1. The summed E-state index contributed by atoms with van der Waals surface area (Å²) in [6.45, 7) is 4.71. The summed E-state index contributed by atoms with van der Waals surface area (Å²) in [5, 5.41) is 2.92. The molecule has 7 nitrogen and oxygen atoms in total. The van der Waals surface area contributed by atoms with Gasteiger partial charge in [-0.1, -0.05) is 24.3 Å². The lowest BCUT2D eigenvalue weighted by Crippen LogP contribution is -2.27. The van der Waals surface area contributed by atoms with Gasteiger partial charge >= 0.3 is 0 Å². The van der Waals surface area contributed by atoms with E-state index in [2.05, 4.69) is 10.0 Å². The van der Waals surface area contributed by atoms with Gasteiger partial charge in [-0.05, 0) is 67.4 Å². The van der Waals surface area contributed by atoms with Crippen LogP contribution < -0.4 is 19.5 Å². The second-order valence-corrected chi connectivity index (χ2v) is 9.23. The lowest BCUT2D eigenvalue weighted by Gasteiger charge is -2.21. The molecule has 2 N–H and O–H groups in total. The Morgan fingerprint density at radius 2 is 1.62 bits per heavy atom. The highest BCUT2D eigenvalue weighted by Crippen LogP contribution is 2.32. The van der Waals surface area contributed by atoms with Crippen LogP contribution in [-0.4, -0.2) is 27.5 Å². The maximum absolute atomic E-state index is 12.7. The smallest absolute Gasteiger partial charge is 0.261 e. The molecule has 3 aromatic rings. The van der Waals surface area contributed by atoms with E-state index < -0.39 is 10.0 Å². The van der Waals surface area contributed by atoms with Crippen molar-refractivity contribution in [2.45, 2.75) is 24.8 Å². The number of hydrogen-bond donors (Lipinski definition) is 2. The van der Waals surface area contributed by atoms with Crippen LogP contribution in [0.2, 0.25) is 0 Å². The molecule has 32 heavy (non-hydrogen) atoms. The molecule has 0 bridgehead atoms. The Morgan fingerprint density at radius 3 is 2.34 bits per heavy atom. The molecule has 3 aromatic carbocycles. The van der Waals surface area contributed by atoms with Crippen molar-refractivity contribution in [3.63, 3.8) is 0 Å². The Kier molecular flexibility index (Phi) is 6.05. The van der Waals surface area contributed by atoms with Crippen molar-refractivity contribution >= 4 is 21.6 Å². The van der Waals surface area contributed by atoms with Gasteiger partial charge in [-0.2, -0.15) is 0 Å². The van der Waals surface area contributed by atoms with E-state index in [0.29, 0.717) is 36.0 Å². The molecule has 0 radical (unpaired) electrons. The van der Waals surface area contributed by atoms with Gasteiger partial charge in [-0.25, -0.2) is 8.42 Å². The first-order valence-corrected chi connectivity index (χ1v) is 11.7. The third-order valence-electron chi connectivity index (χ3n) is 5.23. The van der Waals surface area contributed by atoms with Gasteiger partial charge in [0.15, 0.2) is 11.5 Å². The number of amides is 1. The minimum atomic E-state index is -3.76. The van der Waals surface area contributed by atoms with Gasteiger partial charge in [-0.3, -0.25) is 9.52 Å². The summed E-state index contributed by atoms with van der Waals surface area (Å²) >= 11 is 0. The fourth-order valence-corrected chi connectivity index (χ4v) is 4.50. The van der Waals surface area contributed by atoms with Crippen LogP contribution in [0.15, 0.2) is 71.6 Å². The van der Waals surface area contributed by atoms with Crippen molar-refractivity contribution < 1.29 is 22.7 Å². The Labute approximate surface area is 187 Å². The molecule has 166 valence electrons. The molecule has 0 spiro atoms. The quantitative estimate of drug-likeness (QED) is 0.588. The second-order valence-electron chi connectivity index (χ2n) is 7.54. The van der Waals surface area contributed by atoms with Gasteiger partial charge in [0.25, 0.3) is 15.9 Å². The lowest BCUT2D eigenvalue weighted by molar-refractivity contribution is 0.0939. The molecule has 1 unspecified atom stereocenters. The van der Waals surface area contributed by atoms with Crippen LogP contribution in [0.4, 0.5) is 5.69 Å². The van der Waals surface area contributed by atoms with E-state index in [9.17, 15) is 13.2 Å². The molecule has 1 aliphatic rings. The number of fused-ring (bicyclic) bond motifs is 1. The summed E-state index contributed by atoms with van der Waals surface area (Å²) in [7, 11) is -3.76. The van der Waals surface area contributed by atoms with Gasteiger partial charge in [0, 0.05) is 5.56 Å². The molecule has 0 aromatic heterocycles. The zero-order chi connectivity index (χ0) is 22.7. The van der Waals surface area contributed by atoms with Crippen molar-refractivity contribution in [2.24, 2.45) is 0 Å². The summed E-state index contributed by atoms with van der Waals surface area (Å²) in [5.74, 6) is 1.04. The number of sulfonamides is 1. The third kappa shape index (κ3) is 4.70. The average molecular weight is 453 g/mol. The summed E-state index contributed by atoms with van der Waals surface area (Å²) in [6.07, 6.45) is 0. The first-order chi connectivity index (χ1) is 15.3. The highest BCUT2D eigenvalue weighted by molar-refractivity contribution is 7.92. The van der Waals surface area contributed by atoms with E-state index in [-0.39, 0.29) is 16.8 Å². The van der Waals surface area contributed by atoms with Crippen molar-refractivity contribution in [2.75, 3.05) is 17.9 Å². The standard InChI is InChI=1S/C24H24N2O5S/c1-16-5-3-4-6-21(16)26-32(28,29)20-10-7-18(8-11-20)24(27)25-17(2)19-9-12-22-23(15-19)31-14-13-30-22/h3-12,15,17,26H,13-14H2,1-2H3,(H,25,27). The van der Waals surface area contributed by atoms with Crippen molar-refractivity contribution in [1.29, 1.82) is 0 Å². The molecule has 4 rings (SSSR count). The zero-order valence-electron chi connectivity index (χ0n) is 17.8. The highest BCUT2D eigenvalue weighted by Gasteiger charge is 2.18. The summed E-state index contributed by atoms with van der Waals surface area (Å²) in [6, 6.07) is 18.3. The molecule has 0 saturated heterocycles. The summed E-state index contributed by atoms with van der Waals surface area (Å²) in [4.78, 5) is 12.8. The van der Waals surface area contributed by atoms with Crippen LogP contribution in [0.3, 0.4) is 0 Å². The topological polar surface area (TPSA) is 93.7 Å². The number of para-hydroxylation sites is 1. The Morgan fingerprint density at radius 1 is 0.938 bits per heavy atom. The van der Waals surface area contributed by atoms with Crippen LogP contribution in [0.1, 0.15) is 34.5 Å². The largest absolute Gasteiger partial charge is 0.486 e. The van der Waals surface area contributed by atoms with Gasteiger partial charge in [0.05, 0.1) is 16.6 Å². The SMILES string of the molecule is Cc1ccccc1NS(=O)(=O)c1ccc(C(=O)NC(C)c2ccc3c(c2)OCCO3)cc1. The minimum absolute atomic E-state index is 0.0807. The van der Waals surface area contributed by atoms with Crippen LogP contribution in [-0.2, 0) is 10.0 Å². The number of nitrogens with one attached hydrogen (secondary N) is 2. The van der Waals surface area contributed by atoms with Crippen LogP contribution in [0, 0.1) is 6.92 Å².